The predicted molar refractivity (Wildman–Crippen MR) is 119 cm³/mol. The van der Waals surface area contributed by atoms with Crippen LogP contribution in [0, 0.1) is 0 Å². The van der Waals surface area contributed by atoms with E-state index in [-0.39, 0.29) is 49.8 Å². The maximum Gasteiger partial charge on any atom is 0.333 e. The molecule has 172 valence electrons. The van der Waals surface area contributed by atoms with Gasteiger partial charge in [-0.05, 0) is 24.6 Å². The SMILES string of the molecule is CC(=O)COP(=O)(CCOCCn1cnc2c(=O)[nH]c(N)nc21)OCc1cccc(Cl)c1. The van der Waals surface area contributed by atoms with E-state index in [0.29, 0.717) is 17.2 Å². The number of aromatic amines is 1. The summed E-state index contributed by atoms with van der Waals surface area (Å²) >= 11 is 5.95. The quantitative estimate of drug-likeness (QED) is 0.292. The van der Waals surface area contributed by atoms with Gasteiger partial charge in [-0.25, -0.2) is 4.98 Å². The van der Waals surface area contributed by atoms with Crippen LogP contribution < -0.4 is 11.3 Å². The first kappa shape index (κ1) is 24.1. The molecule has 0 fully saturated rings. The fourth-order valence-electron chi connectivity index (χ4n) is 2.73. The third-order valence-electron chi connectivity index (χ3n) is 4.26. The van der Waals surface area contributed by atoms with Crippen molar-refractivity contribution < 1.29 is 23.1 Å². The van der Waals surface area contributed by atoms with Crippen LogP contribution in [0.3, 0.4) is 0 Å². The first-order valence-electron chi connectivity index (χ1n) is 9.66. The molecule has 2 aromatic heterocycles. The average Bonchev–Trinajstić information content (AvgIpc) is 3.14. The zero-order valence-corrected chi connectivity index (χ0v) is 19.0. The summed E-state index contributed by atoms with van der Waals surface area (Å²) in [6.45, 7) is 1.65. The molecule has 1 unspecified atom stereocenters. The van der Waals surface area contributed by atoms with Crippen molar-refractivity contribution in [2.24, 2.45) is 0 Å². The van der Waals surface area contributed by atoms with Crippen LogP contribution in [0.25, 0.3) is 11.2 Å². The molecule has 0 bridgehead atoms. The van der Waals surface area contributed by atoms with Crippen molar-refractivity contribution >= 4 is 42.1 Å². The van der Waals surface area contributed by atoms with E-state index in [2.05, 4.69) is 15.0 Å². The molecule has 0 aliphatic rings. The first-order valence-corrected chi connectivity index (χ1v) is 11.8. The highest BCUT2D eigenvalue weighted by Crippen LogP contribution is 2.48. The van der Waals surface area contributed by atoms with Gasteiger partial charge in [-0.1, -0.05) is 23.7 Å². The van der Waals surface area contributed by atoms with Gasteiger partial charge in [0.05, 0.1) is 32.3 Å². The number of hydrogen-bond donors (Lipinski definition) is 2. The number of nitrogen functional groups attached to an aromatic ring is 1. The van der Waals surface area contributed by atoms with Gasteiger partial charge < -0.3 is 24.1 Å². The highest BCUT2D eigenvalue weighted by atomic mass is 35.5. The standard InChI is InChI=1S/C19H23ClN5O6P/c1-13(26)10-30-32(28,31-11-14-3-2-4-15(20)9-14)8-7-29-6-5-25-12-22-16-17(25)23-19(21)24-18(16)27/h2-4,9,12H,5-8,10-11H2,1H3,(H3,21,23,24,27). The number of carbonyl (C=O) groups is 1. The maximum atomic E-state index is 13.0. The second-order valence-electron chi connectivity index (χ2n) is 6.89. The molecule has 3 rings (SSSR count). The number of halogens is 1. The number of aromatic nitrogens is 4. The summed E-state index contributed by atoms with van der Waals surface area (Å²) < 4.78 is 31.0. The van der Waals surface area contributed by atoms with Gasteiger partial charge in [0.1, 0.15) is 6.61 Å². The van der Waals surface area contributed by atoms with Crippen LogP contribution in [-0.4, -0.2) is 51.3 Å². The number of nitrogens with one attached hydrogen (secondary N) is 1. The Bertz CT molecular complexity index is 1200. The second-order valence-corrected chi connectivity index (χ2v) is 9.51. The van der Waals surface area contributed by atoms with Gasteiger partial charge in [0.15, 0.2) is 16.9 Å². The van der Waals surface area contributed by atoms with Gasteiger partial charge in [0.2, 0.25) is 5.95 Å². The number of hydrogen-bond acceptors (Lipinski definition) is 9. The lowest BCUT2D eigenvalue weighted by Crippen LogP contribution is -2.14. The summed E-state index contributed by atoms with van der Waals surface area (Å²) in [7, 11) is -3.59. The van der Waals surface area contributed by atoms with Crippen LogP contribution in [0.15, 0.2) is 35.4 Å². The number of H-pyrrole nitrogens is 1. The number of imidazole rings is 1. The number of fused-ring (bicyclic) bond motifs is 1. The van der Waals surface area contributed by atoms with Crippen molar-refractivity contribution in [3.63, 3.8) is 0 Å². The fourth-order valence-corrected chi connectivity index (χ4v) is 4.35. The van der Waals surface area contributed by atoms with Crippen LogP contribution in [0.2, 0.25) is 5.02 Å². The maximum absolute atomic E-state index is 13.0. The third-order valence-corrected chi connectivity index (χ3v) is 6.27. The largest absolute Gasteiger partial charge is 0.379 e. The Morgan fingerprint density at radius 2 is 2.12 bits per heavy atom. The Kier molecular flexibility index (Phi) is 8.16. The molecular weight excluding hydrogens is 461 g/mol. The molecule has 13 heteroatoms. The molecular formula is C19H23ClN5O6P. The molecule has 2 heterocycles. The molecule has 1 aromatic carbocycles. The number of carbonyl (C=O) groups excluding carboxylic acids is 1. The number of ketones is 1. The molecule has 0 aliphatic carbocycles. The number of ether oxygens (including phenoxy) is 1. The van der Waals surface area contributed by atoms with Crippen LogP contribution in [0.4, 0.5) is 5.95 Å². The highest BCUT2D eigenvalue weighted by molar-refractivity contribution is 7.53. The van der Waals surface area contributed by atoms with Crippen molar-refractivity contribution in [3.05, 3.63) is 51.5 Å². The van der Waals surface area contributed by atoms with E-state index in [1.807, 2.05) is 0 Å². The third kappa shape index (κ3) is 6.72. The van der Waals surface area contributed by atoms with Crippen molar-refractivity contribution in [3.8, 4) is 0 Å². The molecule has 0 spiro atoms. The summed E-state index contributed by atoms with van der Waals surface area (Å²) in [5.74, 6) is -0.281. The number of benzene rings is 1. The molecule has 11 nitrogen and oxygen atoms in total. The van der Waals surface area contributed by atoms with E-state index in [9.17, 15) is 14.2 Å². The van der Waals surface area contributed by atoms with Crippen LogP contribution in [-0.2, 0) is 36.3 Å². The zero-order chi connectivity index (χ0) is 23.1. The summed E-state index contributed by atoms with van der Waals surface area (Å²) in [6, 6.07) is 6.93. The number of rotatable bonds is 12. The average molecular weight is 484 g/mol. The van der Waals surface area contributed by atoms with E-state index in [0.717, 1.165) is 5.56 Å². The van der Waals surface area contributed by atoms with Gasteiger partial charge in [-0.3, -0.25) is 19.1 Å². The molecule has 3 aromatic rings. The van der Waals surface area contributed by atoms with Crippen LogP contribution in [0.5, 0.6) is 0 Å². The highest BCUT2D eigenvalue weighted by Gasteiger charge is 2.25. The van der Waals surface area contributed by atoms with Crippen molar-refractivity contribution in [2.75, 3.05) is 31.7 Å². The first-order chi connectivity index (χ1) is 15.3. The fraction of sp³-hybridized carbons (Fsp3) is 0.368. The molecule has 0 amide bonds. The number of anilines is 1. The van der Waals surface area contributed by atoms with E-state index >= 15 is 0 Å². The molecule has 32 heavy (non-hydrogen) atoms. The number of nitrogens with two attached hydrogens (primary N) is 1. The monoisotopic (exact) mass is 483 g/mol. The van der Waals surface area contributed by atoms with Crippen molar-refractivity contribution in [2.45, 2.75) is 20.1 Å². The summed E-state index contributed by atoms with van der Waals surface area (Å²) in [4.78, 5) is 33.6. The topological polar surface area (TPSA) is 151 Å². The smallest absolute Gasteiger partial charge is 0.333 e. The Morgan fingerprint density at radius 1 is 1.31 bits per heavy atom. The minimum Gasteiger partial charge on any atom is -0.379 e. The number of Topliss-reactive ketones (excluding diaryl/α,β-unsaturated/α-hetero) is 1. The van der Waals surface area contributed by atoms with E-state index in [1.54, 1.807) is 28.8 Å². The Hall–Kier alpha value is -2.56. The van der Waals surface area contributed by atoms with Crippen molar-refractivity contribution in [1.82, 2.24) is 19.5 Å². The van der Waals surface area contributed by atoms with Gasteiger partial charge in [-0.15, -0.1) is 0 Å². The lowest BCUT2D eigenvalue weighted by molar-refractivity contribution is -0.119. The molecule has 1 atom stereocenters. The molecule has 0 saturated heterocycles. The lowest BCUT2D eigenvalue weighted by atomic mass is 10.2. The minimum absolute atomic E-state index is 0.00872. The second kappa shape index (κ2) is 10.8. The molecule has 0 aliphatic heterocycles. The summed E-state index contributed by atoms with van der Waals surface area (Å²) in [6.07, 6.45) is 1.42. The molecule has 0 saturated carbocycles. The zero-order valence-electron chi connectivity index (χ0n) is 17.3. The van der Waals surface area contributed by atoms with Gasteiger partial charge in [0.25, 0.3) is 5.56 Å². The Morgan fingerprint density at radius 3 is 2.88 bits per heavy atom. The minimum atomic E-state index is -3.59. The lowest BCUT2D eigenvalue weighted by Gasteiger charge is -2.18. The molecule has 0 radical (unpaired) electrons. The Balaban J connectivity index is 1.53. The van der Waals surface area contributed by atoms with E-state index in [4.69, 9.17) is 31.1 Å². The molecule has 3 N–H and O–H groups in total. The van der Waals surface area contributed by atoms with Crippen LogP contribution >= 0.6 is 19.2 Å². The Labute approximate surface area is 188 Å². The summed E-state index contributed by atoms with van der Waals surface area (Å²) in [5, 5.41) is 0.527. The van der Waals surface area contributed by atoms with Gasteiger partial charge >= 0.3 is 7.60 Å². The normalized spacial score (nSPS) is 13.3. The predicted octanol–water partition coefficient (Wildman–Crippen LogP) is 2.39. The van der Waals surface area contributed by atoms with E-state index < -0.39 is 13.2 Å². The van der Waals surface area contributed by atoms with Gasteiger partial charge in [0, 0.05) is 11.6 Å². The van der Waals surface area contributed by atoms with Crippen molar-refractivity contribution in [1.29, 1.82) is 0 Å². The number of nitrogens with zero attached hydrogens (tertiary/aromatic N) is 3. The summed E-state index contributed by atoms with van der Waals surface area (Å²) in [5.41, 5.74) is 6.39. The van der Waals surface area contributed by atoms with E-state index in [1.165, 1.54) is 13.3 Å². The van der Waals surface area contributed by atoms with Crippen LogP contribution in [0.1, 0.15) is 12.5 Å². The van der Waals surface area contributed by atoms with Gasteiger partial charge in [-0.2, -0.15) is 4.98 Å².